The number of benzene rings is 2. The van der Waals surface area contributed by atoms with Crippen molar-refractivity contribution >= 4 is 16.6 Å². The van der Waals surface area contributed by atoms with Gasteiger partial charge in [-0.05, 0) is 30.3 Å². The highest BCUT2D eigenvalue weighted by Crippen LogP contribution is 2.17. The van der Waals surface area contributed by atoms with Crippen LogP contribution in [0.1, 0.15) is 5.69 Å². The molecular weight excluding hydrogens is 271 g/mol. The lowest BCUT2D eigenvalue weighted by Crippen LogP contribution is -2.08. The van der Waals surface area contributed by atoms with E-state index in [9.17, 15) is 9.18 Å². The summed E-state index contributed by atoms with van der Waals surface area (Å²) in [5, 5.41) is 0.518. The second-order valence-electron chi connectivity index (χ2n) is 4.68. The average Bonchev–Trinajstić information content (AvgIpc) is 2.47. The van der Waals surface area contributed by atoms with Gasteiger partial charge in [0, 0.05) is 22.7 Å². The summed E-state index contributed by atoms with van der Waals surface area (Å²) in [5.74, 6) is -0.288. The molecule has 0 unspecified atom stereocenters. The van der Waals surface area contributed by atoms with E-state index >= 15 is 0 Å². The number of hydrogen-bond acceptors (Lipinski definition) is 3. The molecule has 4 nitrogen and oxygen atoms in total. The molecule has 3 rings (SSSR count). The van der Waals surface area contributed by atoms with Crippen LogP contribution in [0.15, 0.2) is 53.3 Å². The Bertz CT molecular complexity index is 858. The van der Waals surface area contributed by atoms with Crippen molar-refractivity contribution < 1.29 is 9.13 Å². The van der Waals surface area contributed by atoms with Crippen LogP contribution in [0.3, 0.4) is 0 Å². The van der Waals surface area contributed by atoms with Crippen LogP contribution in [-0.2, 0) is 6.61 Å². The molecule has 0 fully saturated rings. The summed E-state index contributed by atoms with van der Waals surface area (Å²) in [4.78, 5) is 15.1. The monoisotopic (exact) mass is 284 g/mol. The molecule has 5 heteroatoms. The first-order valence-electron chi connectivity index (χ1n) is 6.42. The van der Waals surface area contributed by atoms with E-state index in [0.717, 1.165) is 0 Å². The van der Waals surface area contributed by atoms with Crippen LogP contribution in [-0.4, -0.2) is 4.98 Å². The summed E-state index contributed by atoms with van der Waals surface area (Å²) in [7, 11) is 0. The summed E-state index contributed by atoms with van der Waals surface area (Å²) in [6, 6.07) is 12.6. The topological polar surface area (TPSA) is 68.1 Å². The van der Waals surface area contributed by atoms with Crippen molar-refractivity contribution in [2.75, 3.05) is 5.73 Å². The first-order valence-corrected chi connectivity index (χ1v) is 6.42. The number of ether oxygens (including phenoxy) is 1. The van der Waals surface area contributed by atoms with Gasteiger partial charge in [-0.1, -0.05) is 12.1 Å². The van der Waals surface area contributed by atoms with Gasteiger partial charge in [-0.15, -0.1) is 0 Å². The molecule has 0 aliphatic rings. The summed E-state index contributed by atoms with van der Waals surface area (Å²) >= 11 is 0. The van der Waals surface area contributed by atoms with E-state index in [1.54, 1.807) is 30.3 Å². The van der Waals surface area contributed by atoms with Crippen molar-refractivity contribution in [2.24, 2.45) is 0 Å². The van der Waals surface area contributed by atoms with E-state index in [1.165, 1.54) is 18.2 Å². The van der Waals surface area contributed by atoms with E-state index < -0.39 is 5.82 Å². The first-order chi connectivity index (χ1) is 10.1. The Morgan fingerprint density at radius 2 is 1.95 bits per heavy atom. The number of para-hydroxylation sites is 1. The molecule has 0 aliphatic heterocycles. The predicted octanol–water partition coefficient (Wildman–Crippen LogP) is 2.83. The Balaban J connectivity index is 1.90. The van der Waals surface area contributed by atoms with Crippen LogP contribution in [0.25, 0.3) is 10.9 Å². The van der Waals surface area contributed by atoms with Crippen molar-refractivity contribution in [3.05, 3.63) is 70.3 Å². The number of nitrogen functional groups attached to an aromatic ring is 1. The molecule has 0 radical (unpaired) electrons. The Hall–Kier alpha value is -2.82. The first kappa shape index (κ1) is 13.2. The number of aromatic amines is 1. The summed E-state index contributed by atoms with van der Waals surface area (Å²) in [6.45, 7) is 0.0799. The maximum absolute atomic E-state index is 13.5. The number of aromatic nitrogens is 1. The molecule has 0 amide bonds. The zero-order valence-electron chi connectivity index (χ0n) is 11.1. The third-order valence-corrected chi connectivity index (χ3v) is 3.13. The fourth-order valence-corrected chi connectivity index (χ4v) is 2.11. The van der Waals surface area contributed by atoms with Crippen molar-refractivity contribution in [1.29, 1.82) is 0 Å². The molecule has 3 N–H and O–H groups in total. The largest absolute Gasteiger partial charge is 0.484 e. The molecule has 0 saturated heterocycles. The minimum atomic E-state index is -0.437. The van der Waals surface area contributed by atoms with Gasteiger partial charge in [0.05, 0.1) is 5.69 Å². The number of nitrogens with two attached hydrogens (primary N) is 1. The van der Waals surface area contributed by atoms with Gasteiger partial charge in [0.15, 0.2) is 17.0 Å². The molecule has 0 atom stereocenters. The quantitative estimate of drug-likeness (QED) is 0.727. The number of hydrogen-bond donors (Lipinski definition) is 2. The summed E-state index contributed by atoms with van der Waals surface area (Å²) in [6.07, 6.45) is 0. The van der Waals surface area contributed by atoms with Crippen molar-refractivity contribution in [3.63, 3.8) is 0 Å². The number of H-pyrrole nitrogens is 1. The van der Waals surface area contributed by atoms with E-state index in [0.29, 0.717) is 22.3 Å². The maximum Gasteiger partial charge on any atom is 0.189 e. The molecule has 106 valence electrons. The number of halogens is 1. The molecule has 1 heterocycles. The van der Waals surface area contributed by atoms with E-state index in [1.807, 2.05) is 0 Å². The Kier molecular flexibility index (Phi) is 3.31. The summed E-state index contributed by atoms with van der Waals surface area (Å²) in [5.41, 5.74) is 7.28. The molecule has 0 aliphatic carbocycles. The van der Waals surface area contributed by atoms with Crippen LogP contribution < -0.4 is 15.9 Å². The minimum absolute atomic E-state index is 0.0799. The van der Waals surface area contributed by atoms with Crippen molar-refractivity contribution in [3.8, 4) is 5.75 Å². The number of pyridine rings is 1. The highest BCUT2D eigenvalue weighted by Gasteiger charge is 2.05. The van der Waals surface area contributed by atoms with Gasteiger partial charge in [-0.2, -0.15) is 0 Å². The van der Waals surface area contributed by atoms with Gasteiger partial charge >= 0.3 is 0 Å². The number of anilines is 1. The molecule has 2 aromatic carbocycles. The molecular formula is C16H13FN2O2. The van der Waals surface area contributed by atoms with Gasteiger partial charge < -0.3 is 15.5 Å². The fraction of sp³-hybridized carbons (Fsp3) is 0.0625. The SMILES string of the molecule is Nc1ccc2[nH]c(COc3ccccc3F)cc(=O)c2c1. The fourth-order valence-electron chi connectivity index (χ4n) is 2.11. The number of fused-ring (bicyclic) bond motifs is 1. The van der Waals surface area contributed by atoms with Crippen molar-refractivity contribution in [2.45, 2.75) is 6.61 Å². The van der Waals surface area contributed by atoms with Crippen LogP contribution in [0.2, 0.25) is 0 Å². The molecule has 3 aromatic rings. The minimum Gasteiger partial charge on any atom is -0.484 e. The van der Waals surface area contributed by atoms with E-state index in [-0.39, 0.29) is 17.8 Å². The maximum atomic E-state index is 13.5. The zero-order chi connectivity index (χ0) is 14.8. The highest BCUT2D eigenvalue weighted by atomic mass is 19.1. The molecule has 0 saturated carbocycles. The summed E-state index contributed by atoms with van der Waals surface area (Å²) < 4.78 is 18.8. The number of nitrogens with one attached hydrogen (secondary N) is 1. The third-order valence-electron chi connectivity index (χ3n) is 3.13. The second kappa shape index (κ2) is 5.28. The second-order valence-corrected chi connectivity index (χ2v) is 4.68. The van der Waals surface area contributed by atoms with Gasteiger partial charge in [0.2, 0.25) is 0 Å². The van der Waals surface area contributed by atoms with Crippen LogP contribution in [0, 0.1) is 5.82 Å². The Morgan fingerprint density at radius 3 is 2.76 bits per heavy atom. The third kappa shape index (κ3) is 2.72. The molecule has 21 heavy (non-hydrogen) atoms. The van der Waals surface area contributed by atoms with Crippen LogP contribution in [0.4, 0.5) is 10.1 Å². The average molecular weight is 284 g/mol. The molecule has 1 aromatic heterocycles. The van der Waals surface area contributed by atoms with Gasteiger partial charge in [0.25, 0.3) is 0 Å². The van der Waals surface area contributed by atoms with Crippen molar-refractivity contribution in [1.82, 2.24) is 4.98 Å². The van der Waals surface area contributed by atoms with E-state index in [2.05, 4.69) is 4.98 Å². The standard InChI is InChI=1S/C16H13FN2O2/c17-13-3-1-2-4-16(13)21-9-11-8-15(20)12-7-10(18)5-6-14(12)19-11/h1-8H,9,18H2,(H,19,20). The highest BCUT2D eigenvalue weighted by molar-refractivity contribution is 5.81. The Morgan fingerprint density at radius 1 is 1.14 bits per heavy atom. The van der Waals surface area contributed by atoms with Gasteiger partial charge in [0.1, 0.15) is 6.61 Å². The van der Waals surface area contributed by atoms with E-state index in [4.69, 9.17) is 10.5 Å². The lowest BCUT2D eigenvalue weighted by molar-refractivity contribution is 0.286. The lowest BCUT2D eigenvalue weighted by atomic mass is 10.2. The van der Waals surface area contributed by atoms with Crippen LogP contribution >= 0.6 is 0 Å². The molecule has 0 spiro atoms. The van der Waals surface area contributed by atoms with Crippen LogP contribution in [0.5, 0.6) is 5.75 Å². The molecule has 0 bridgehead atoms. The Labute approximate surface area is 120 Å². The van der Waals surface area contributed by atoms with Gasteiger partial charge in [-0.25, -0.2) is 4.39 Å². The van der Waals surface area contributed by atoms with Gasteiger partial charge in [-0.3, -0.25) is 4.79 Å². The zero-order valence-corrected chi connectivity index (χ0v) is 11.1. The smallest absolute Gasteiger partial charge is 0.189 e. The number of rotatable bonds is 3. The normalized spacial score (nSPS) is 10.7. The lowest BCUT2D eigenvalue weighted by Gasteiger charge is -2.08. The predicted molar refractivity (Wildman–Crippen MR) is 79.7 cm³/mol.